The summed E-state index contributed by atoms with van der Waals surface area (Å²) in [5, 5.41) is 13.0. The highest BCUT2D eigenvalue weighted by molar-refractivity contribution is 7.89. The van der Waals surface area contributed by atoms with E-state index >= 15 is 0 Å². The van der Waals surface area contributed by atoms with Crippen molar-refractivity contribution in [2.45, 2.75) is 11.8 Å². The third kappa shape index (κ3) is 2.98. The van der Waals surface area contributed by atoms with E-state index in [1.165, 1.54) is 4.31 Å². The van der Waals surface area contributed by atoms with Crippen LogP contribution in [-0.4, -0.2) is 36.9 Å². The fraction of sp³-hybridized carbons (Fsp3) is 0.214. The van der Waals surface area contributed by atoms with Gasteiger partial charge in [0.1, 0.15) is 0 Å². The van der Waals surface area contributed by atoms with Gasteiger partial charge in [-0.05, 0) is 11.5 Å². The summed E-state index contributed by atoms with van der Waals surface area (Å²) < 4.78 is 26.7. The SMILES string of the molecule is CCN(C/C(N)=N/O)S(=O)(=O)c1cccc2ccccc12. The van der Waals surface area contributed by atoms with Gasteiger partial charge in [0.05, 0.1) is 11.4 Å². The Balaban J connectivity index is 2.55. The number of amidine groups is 1. The van der Waals surface area contributed by atoms with Crippen LogP contribution < -0.4 is 5.73 Å². The normalized spacial score (nSPS) is 13.0. The number of likely N-dealkylation sites (N-methyl/N-ethyl adjacent to an activating group) is 1. The zero-order chi connectivity index (χ0) is 15.5. The minimum absolute atomic E-state index is 0.152. The van der Waals surface area contributed by atoms with E-state index in [0.717, 1.165) is 5.39 Å². The Morgan fingerprint density at radius 1 is 1.24 bits per heavy atom. The molecule has 0 bridgehead atoms. The van der Waals surface area contributed by atoms with Crippen LogP contribution in [0.5, 0.6) is 0 Å². The first-order valence-electron chi connectivity index (χ1n) is 6.45. The van der Waals surface area contributed by atoms with Crippen LogP contribution in [0.3, 0.4) is 0 Å². The van der Waals surface area contributed by atoms with Gasteiger partial charge in [0, 0.05) is 11.9 Å². The highest BCUT2D eigenvalue weighted by atomic mass is 32.2. The molecule has 2 aromatic rings. The minimum atomic E-state index is -3.72. The van der Waals surface area contributed by atoms with Crippen molar-refractivity contribution in [3.63, 3.8) is 0 Å². The van der Waals surface area contributed by atoms with Crippen molar-refractivity contribution >= 4 is 26.6 Å². The summed E-state index contributed by atoms with van der Waals surface area (Å²) >= 11 is 0. The molecule has 0 spiro atoms. The lowest BCUT2D eigenvalue weighted by Crippen LogP contribution is -2.38. The molecule has 3 N–H and O–H groups in total. The molecule has 0 saturated heterocycles. The number of fused-ring (bicyclic) bond motifs is 1. The second kappa shape index (κ2) is 6.11. The molecular weight excluding hydrogens is 290 g/mol. The van der Waals surface area contributed by atoms with E-state index in [1.54, 1.807) is 31.2 Å². The molecule has 0 fully saturated rings. The average Bonchev–Trinajstić information content (AvgIpc) is 2.51. The number of sulfonamides is 1. The molecule has 0 radical (unpaired) electrons. The van der Waals surface area contributed by atoms with Crippen molar-refractivity contribution < 1.29 is 13.6 Å². The molecule has 21 heavy (non-hydrogen) atoms. The van der Waals surface area contributed by atoms with Gasteiger partial charge in [-0.15, -0.1) is 0 Å². The smallest absolute Gasteiger partial charge is 0.244 e. The van der Waals surface area contributed by atoms with Crippen molar-refractivity contribution in [2.75, 3.05) is 13.1 Å². The number of nitrogens with zero attached hydrogens (tertiary/aromatic N) is 2. The van der Waals surface area contributed by atoms with Gasteiger partial charge in [0.2, 0.25) is 10.0 Å². The Morgan fingerprint density at radius 3 is 2.57 bits per heavy atom. The zero-order valence-corrected chi connectivity index (χ0v) is 12.4. The monoisotopic (exact) mass is 307 g/mol. The van der Waals surface area contributed by atoms with E-state index < -0.39 is 10.0 Å². The van der Waals surface area contributed by atoms with Gasteiger partial charge in [-0.25, -0.2) is 8.42 Å². The molecule has 0 aromatic heterocycles. The predicted octanol–water partition coefficient (Wildman–Crippen LogP) is 1.60. The van der Waals surface area contributed by atoms with Crippen molar-refractivity contribution in [1.82, 2.24) is 4.31 Å². The van der Waals surface area contributed by atoms with E-state index in [0.29, 0.717) is 5.39 Å². The van der Waals surface area contributed by atoms with Crippen LogP contribution in [0.15, 0.2) is 52.5 Å². The fourth-order valence-electron chi connectivity index (χ4n) is 2.14. The average molecular weight is 307 g/mol. The predicted molar refractivity (Wildman–Crippen MR) is 81.8 cm³/mol. The topological polar surface area (TPSA) is 96.0 Å². The summed E-state index contributed by atoms with van der Waals surface area (Å²) in [4.78, 5) is 0.216. The lowest BCUT2D eigenvalue weighted by molar-refractivity contribution is 0.315. The fourth-order valence-corrected chi connectivity index (χ4v) is 3.77. The van der Waals surface area contributed by atoms with E-state index in [9.17, 15) is 8.42 Å². The van der Waals surface area contributed by atoms with Crippen LogP contribution >= 0.6 is 0 Å². The van der Waals surface area contributed by atoms with Crippen molar-refractivity contribution in [3.8, 4) is 0 Å². The largest absolute Gasteiger partial charge is 0.409 e. The second-order valence-electron chi connectivity index (χ2n) is 4.50. The highest BCUT2D eigenvalue weighted by Crippen LogP contribution is 2.25. The van der Waals surface area contributed by atoms with E-state index in [-0.39, 0.29) is 23.8 Å². The maximum absolute atomic E-state index is 12.8. The first-order valence-corrected chi connectivity index (χ1v) is 7.89. The molecule has 0 aliphatic carbocycles. The lowest BCUT2D eigenvalue weighted by Gasteiger charge is -2.20. The molecule has 0 aliphatic rings. The summed E-state index contributed by atoms with van der Waals surface area (Å²) in [6.45, 7) is 1.77. The van der Waals surface area contributed by atoms with Crippen LogP contribution in [0.2, 0.25) is 0 Å². The Hall–Kier alpha value is -2.12. The van der Waals surface area contributed by atoms with Crippen LogP contribution in [0.4, 0.5) is 0 Å². The molecule has 0 unspecified atom stereocenters. The van der Waals surface area contributed by atoms with Gasteiger partial charge in [-0.3, -0.25) is 0 Å². The van der Waals surface area contributed by atoms with Crippen LogP contribution in [0.25, 0.3) is 10.8 Å². The third-order valence-electron chi connectivity index (χ3n) is 3.19. The molecule has 0 saturated carbocycles. The van der Waals surface area contributed by atoms with Gasteiger partial charge in [0.25, 0.3) is 0 Å². The second-order valence-corrected chi connectivity index (χ2v) is 6.41. The molecule has 2 rings (SSSR count). The molecule has 112 valence electrons. The first kappa shape index (κ1) is 15.3. The number of hydrogen-bond donors (Lipinski definition) is 2. The number of rotatable bonds is 5. The molecule has 7 heteroatoms. The zero-order valence-electron chi connectivity index (χ0n) is 11.6. The van der Waals surface area contributed by atoms with Gasteiger partial charge in [-0.1, -0.05) is 48.5 Å². The molecular formula is C14H17N3O3S. The van der Waals surface area contributed by atoms with Gasteiger partial charge >= 0.3 is 0 Å². The molecule has 0 amide bonds. The number of nitrogens with two attached hydrogens (primary N) is 1. The molecule has 2 aromatic carbocycles. The van der Waals surface area contributed by atoms with Crippen LogP contribution in [0.1, 0.15) is 6.92 Å². The number of oxime groups is 1. The third-order valence-corrected chi connectivity index (χ3v) is 5.17. The van der Waals surface area contributed by atoms with Crippen molar-refractivity contribution in [2.24, 2.45) is 10.9 Å². The van der Waals surface area contributed by atoms with E-state index in [1.807, 2.05) is 18.2 Å². The Bertz CT molecular complexity index is 767. The number of hydrogen-bond acceptors (Lipinski definition) is 4. The highest BCUT2D eigenvalue weighted by Gasteiger charge is 2.25. The first-order chi connectivity index (χ1) is 10.0. The molecule has 6 nitrogen and oxygen atoms in total. The maximum atomic E-state index is 12.8. The minimum Gasteiger partial charge on any atom is -0.409 e. The summed E-state index contributed by atoms with van der Waals surface area (Å²) in [6.07, 6.45) is 0. The van der Waals surface area contributed by atoms with Crippen molar-refractivity contribution in [1.29, 1.82) is 0 Å². The van der Waals surface area contributed by atoms with Crippen LogP contribution in [0, 0.1) is 0 Å². The van der Waals surface area contributed by atoms with Gasteiger partial charge in [-0.2, -0.15) is 4.31 Å². The van der Waals surface area contributed by atoms with Crippen LogP contribution in [-0.2, 0) is 10.0 Å². The molecule has 0 heterocycles. The quantitative estimate of drug-likeness (QED) is 0.379. The van der Waals surface area contributed by atoms with Gasteiger partial charge in [0.15, 0.2) is 5.84 Å². The molecule has 0 aliphatic heterocycles. The van der Waals surface area contributed by atoms with E-state index in [2.05, 4.69) is 5.16 Å². The summed E-state index contributed by atoms with van der Waals surface area (Å²) in [5.74, 6) is -0.152. The standard InChI is InChI=1S/C14H17N3O3S/c1-2-17(10-14(15)16-18)21(19,20)13-9-5-7-11-6-3-4-8-12(11)13/h3-9,18H,2,10H2,1H3,(H2,15,16). The molecule has 0 atom stereocenters. The van der Waals surface area contributed by atoms with E-state index in [4.69, 9.17) is 10.9 Å². The summed E-state index contributed by atoms with van der Waals surface area (Å²) in [6, 6.07) is 12.4. The van der Waals surface area contributed by atoms with Gasteiger partial charge < -0.3 is 10.9 Å². The van der Waals surface area contributed by atoms with Crippen molar-refractivity contribution in [3.05, 3.63) is 42.5 Å². The Labute approximate surface area is 123 Å². The lowest BCUT2D eigenvalue weighted by atomic mass is 10.1. The summed E-state index contributed by atoms with van der Waals surface area (Å²) in [7, 11) is -3.72. The Kier molecular flexibility index (Phi) is 4.44. The summed E-state index contributed by atoms with van der Waals surface area (Å²) in [5.41, 5.74) is 5.43. The maximum Gasteiger partial charge on any atom is 0.244 e. The number of benzene rings is 2. The Morgan fingerprint density at radius 2 is 1.90 bits per heavy atom.